The summed E-state index contributed by atoms with van der Waals surface area (Å²) in [4.78, 5) is 18.2. The summed E-state index contributed by atoms with van der Waals surface area (Å²) in [5.41, 5.74) is 19.0. The number of hydrogen-bond acceptors (Lipinski definition) is 6. The minimum atomic E-state index is -0.362. The second kappa shape index (κ2) is 6.83. The molecule has 2 aliphatic rings. The molecule has 1 saturated carbocycles. The molecule has 138 valence electrons. The Morgan fingerprint density at radius 2 is 1.85 bits per heavy atom. The molecular weight excluding hydrogens is 328 g/mol. The maximum absolute atomic E-state index is 11.9. The zero-order chi connectivity index (χ0) is 18.3. The molecule has 1 unspecified atom stereocenters. The fourth-order valence-corrected chi connectivity index (χ4v) is 4.36. The SMILES string of the molecule is NC[C@H](N)C1[C@H]2CN(CCc3ccc(-n4ccc(N)nc4=O)cc3)C[C@@H]12. The van der Waals surface area contributed by atoms with Crippen LogP contribution in [0.1, 0.15) is 5.56 Å². The van der Waals surface area contributed by atoms with Gasteiger partial charge in [0.05, 0.1) is 5.69 Å². The third kappa shape index (κ3) is 3.25. The van der Waals surface area contributed by atoms with Crippen molar-refractivity contribution in [2.45, 2.75) is 12.5 Å². The van der Waals surface area contributed by atoms with Gasteiger partial charge in [0.1, 0.15) is 5.82 Å². The molecule has 1 aliphatic carbocycles. The number of rotatable bonds is 6. The smallest absolute Gasteiger partial charge is 0.354 e. The van der Waals surface area contributed by atoms with E-state index in [0.29, 0.717) is 12.5 Å². The largest absolute Gasteiger partial charge is 0.383 e. The minimum Gasteiger partial charge on any atom is -0.383 e. The van der Waals surface area contributed by atoms with E-state index in [4.69, 9.17) is 17.2 Å². The van der Waals surface area contributed by atoms with Gasteiger partial charge in [-0.25, -0.2) is 4.79 Å². The van der Waals surface area contributed by atoms with Crippen molar-refractivity contribution in [2.75, 3.05) is 31.9 Å². The lowest BCUT2D eigenvalue weighted by Gasteiger charge is -2.21. The fourth-order valence-electron chi connectivity index (χ4n) is 4.36. The number of anilines is 1. The van der Waals surface area contributed by atoms with Crippen molar-refractivity contribution < 1.29 is 0 Å². The van der Waals surface area contributed by atoms with Gasteiger partial charge < -0.3 is 22.1 Å². The molecule has 7 heteroatoms. The molecule has 6 N–H and O–H groups in total. The molecule has 1 saturated heterocycles. The molecule has 1 aliphatic heterocycles. The van der Waals surface area contributed by atoms with Crippen molar-refractivity contribution in [1.82, 2.24) is 14.5 Å². The predicted octanol–water partition coefficient (Wildman–Crippen LogP) is -0.179. The summed E-state index contributed by atoms with van der Waals surface area (Å²) < 4.78 is 1.49. The first kappa shape index (κ1) is 17.2. The molecule has 4 atom stereocenters. The molecule has 0 bridgehead atoms. The number of nitrogens with zero attached hydrogens (tertiary/aromatic N) is 3. The van der Waals surface area contributed by atoms with Gasteiger partial charge in [-0.1, -0.05) is 12.1 Å². The first-order chi connectivity index (χ1) is 12.6. The number of nitrogens with two attached hydrogens (primary N) is 3. The van der Waals surface area contributed by atoms with E-state index in [1.165, 1.54) is 10.1 Å². The van der Waals surface area contributed by atoms with Gasteiger partial charge in [-0.15, -0.1) is 0 Å². The zero-order valence-electron chi connectivity index (χ0n) is 14.8. The Morgan fingerprint density at radius 1 is 1.15 bits per heavy atom. The van der Waals surface area contributed by atoms with E-state index < -0.39 is 0 Å². The molecule has 0 spiro atoms. The standard InChI is InChI=1S/C19H26N6O/c20-9-16(21)18-14-10-24(11-15(14)18)7-5-12-1-3-13(4-2-12)25-8-6-17(22)23-19(25)26/h1-4,6,8,14-16,18H,5,7,9-11,20-21H2,(H2,22,23,26)/t14-,15+,16-,18?/m0/s1. The average molecular weight is 354 g/mol. The predicted molar refractivity (Wildman–Crippen MR) is 102 cm³/mol. The van der Waals surface area contributed by atoms with E-state index in [-0.39, 0.29) is 17.5 Å². The normalized spacial score (nSPS) is 25.8. The van der Waals surface area contributed by atoms with Crippen molar-refractivity contribution in [2.24, 2.45) is 29.2 Å². The molecule has 26 heavy (non-hydrogen) atoms. The van der Waals surface area contributed by atoms with Crippen LogP contribution >= 0.6 is 0 Å². The van der Waals surface area contributed by atoms with Crippen molar-refractivity contribution in [3.05, 3.63) is 52.6 Å². The first-order valence-electron chi connectivity index (χ1n) is 9.19. The van der Waals surface area contributed by atoms with Gasteiger partial charge in [0.2, 0.25) is 0 Å². The van der Waals surface area contributed by atoms with E-state index in [1.807, 2.05) is 12.1 Å². The highest BCUT2D eigenvalue weighted by Crippen LogP contribution is 2.52. The minimum absolute atomic E-state index is 0.172. The van der Waals surface area contributed by atoms with Gasteiger partial charge in [-0.05, 0) is 47.9 Å². The first-order valence-corrected chi connectivity index (χ1v) is 9.19. The van der Waals surface area contributed by atoms with E-state index >= 15 is 0 Å². The van der Waals surface area contributed by atoms with E-state index in [9.17, 15) is 4.79 Å². The van der Waals surface area contributed by atoms with Gasteiger partial charge in [0, 0.05) is 38.4 Å². The van der Waals surface area contributed by atoms with Gasteiger partial charge in [-0.2, -0.15) is 4.98 Å². The van der Waals surface area contributed by atoms with Crippen LogP contribution in [-0.2, 0) is 6.42 Å². The molecule has 0 amide bonds. The quantitative estimate of drug-likeness (QED) is 0.663. The maximum atomic E-state index is 11.9. The molecule has 2 fully saturated rings. The second-order valence-corrected chi connectivity index (χ2v) is 7.49. The number of nitrogen functional groups attached to an aromatic ring is 1. The molecule has 2 heterocycles. The lowest BCUT2D eigenvalue weighted by Crippen LogP contribution is -2.37. The number of benzene rings is 1. The number of hydrogen-bond donors (Lipinski definition) is 3. The molecular formula is C19H26N6O. The Balaban J connectivity index is 1.31. The summed E-state index contributed by atoms with van der Waals surface area (Å²) in [5.74, 6) is 2.38. The highest BCUT2D eigenvalue weighted by molar-refractivity contribution is 5.36. The van der Waals surface area contributed by atoms with Gasteiger partial charge >= 0.3 is 5.69 Å². The second-order valence-electron chi connectivity index (χ2n) is 7.49. The van der Waals surface area contributed by atoms with Crippen LogP contribution in [0.2, 0.25) is 0 Å². The lowest BCUT2D eigenvalue weighted by molar-refractivity contribution is 0.279. The summed E-state index contributed by atoms with van der Waals surface area (Å²) in [6, 6.07) is 9.84. The molecule has 0 radical (unpaired) electrons. The molecule has 4 rings (SSSR count). The average Bonchev–Trinajstić information content (AvgIpc) is 3.14. The van der Waals surface area contributed by atoms with E-state index in [1.54, 1.807) is 12.3 Å². The summed E-state index contributed by atoms with van der Waals surface area (Å²) >= 11 is 0. The molecule has 2 aromatic rings. The zero-order valence-corrected chi connectivity index (χ0v) is 14.8. The summed E-state index contributed by atoms with van der Waals surface area (Å²) in [6.45, 7) is 3.94. The molecule has 7 nitrogen and oxygen atoms in total. The maximum Gasteiger partial charge on any atom is 0.354 e. The highest BCUT2D eigenvalue weighted by atomic mass is 16.1. The van der Waals surface area contributed by atoms with Gasteiger partial charge in [0.25, 0.3) is 0 Å². The van der Waals surface area contributed by atoms with Crippen molar-refractivity contribution in [3.8, 4) is 5.69 Å². The monoisotopic (exact) mass is 354 g/mol. The third-order valence-electron chi connectivity index (χ3n) is 5.86. The summed E-state index contributed by atoms with van der Waals surface area (Å²) in [6.07, 6.45) is 2.65. The number of likely N-dealkylation sites (tertiary alicyclic amines) is 1. The van der Waals surface area contributed by atoms with Crippen LogP contribution in [0.5, 0.6) is 0 Å². The van der Waals surface area contributed by atoms with Crippen LogP contribution < -0.4 is 22.9 Å². The Hall–Kier alpha value is -2.22. The van der Waals surface area contributed by atoms with E-state index in [0.717, 1.165) is 43.6 Å². The Kier molecular flexibility index (Phi) is 4.52. The lowest BCUT2D eigenvalue weighted by atomic mass is 10.1. The van der Waals surface area contributed by atoms with Gasteiger partial charge in [0.15, 0.2) is 0 Å². The van der Waals surface area contributed by atoms with Crippen LogP contribution in [0.4, 0.5) is 5.82 Å². The number of piperidine rings is 1. The van der Waals surface area contributed by atoms with Crippen LogP contribution in [0.25, 0.3) is 5.69 Å². The van der Waals surface area contributed by atoms with E-state index in [2.05, 4.69) is 22.0 Å². The Labute approximate surface area is 152 Å². The fraction of sp³-hybridized carbons (Fsp3) is 0.474. The summed E-state index contributed by atoms with van der Waals surface area (Å²) in [7, 11) is 0. The highest BCUT2D eigenvalue weighted by Gasteiger charge is 2.57. The Morgan fingerprint density at radius 3 is 2.46 bits per heavy atom. The van der Waals surface area contributed by atoms with Gasteiger partial charge in [-0.3, -0.25) is 4.57 Å². The van der Waals surface area contributed by atoms with Crippen LogP contribution in [0.15, 0.2) is 41.3 Å². The van der Waals surface area contributed by atoms with Crippen LogP contribution in [0.3, 0.4) is 0 Å². The number of fused-ring (bicyclic) bond motifs is 1. The number of aromatic nitrogens is 2. The summed E-state index contributed by atoms with van der Waals surface area (Å²) in [5, 5.41) is 0. The van der Waals surface area contributed by atoms with Crippen molar-refractivity contribution in [3.63, 3.8) is 0 Å². The topological polar surface area (TPSA) is 116 Å². The van der Waals surface area contributed by atoms with Crippen molar-refractivity contribution >= 4 is 5.82 Å². The Bertz CT molecular complexity index is 821. The molecule has 1 aromatic heterocycles. The van der Waals surface area contributed by atoms with Crippen LogP contribution in [-0.4, -0.2) is 46.7 Å². The molecule has 1 aromatic carbocycles. The third-order valence-corrected chi connectivity index (χ3v) is 5.86. The van der Waals surface area contributed by atoms with Crippen LogP contribution in [0, 0.1) is 17.8 Å². The van der Waals surface area contributed by atoms with Crippen molar-refractivity contribution in [1.29, 1.82) is 0 Å².